The van der Waals surface area contributed by atoms with E-state index in [1.54, 1.807) is 0 Å². The van der Waals surface area contributed by atoms with Gasteiger partial charge in [-0.15, -0.1) is 0 Å². The summed E-state index contributed by atoms with van der Waals surface area (Å²) in [6.07, 6.45) is 4.03. The number of hydrogen-bond donors (Lipinski definition) is 0. The van der Waals surface area contributed by atoms with Gasteiger partial charge in [0.05, 0.1) is 0 Å². The zero-order valence-corrected chi connectivity index (χ0v) is 15.5. The van der Waals surface area contributed by atoms with Gasteiger partial charge < -0.3 is 0 Å². The van der Waals surface area contributed by atoms with E-state index in [-0.39, 0.29) is 11.7 Å². The molecule has 0 saturated heterocycles. The minimum Gasteiger partial charge on any atom is -0.287 e. The normalized spacial score (nSPS) is 12.4. The second-order valence-corrected chi connectivity index (χ2v) is 7.20. The van der Waals surface area contributed by atoms with Gasteiger partial charge in [0.2, 0.25) is 12.3 Å². The van der Waals surface area contributed by atoms with Crippen LogP contribution in [-0.2, 0) is 6.54 Å². The van der Waals surface area contributed by atoms with Gasteiger partial charge in [-0.25, -0.2) is 0 Å². The summed E-state index contributed by atoms with van der Waals surface area (Å²) in [5.74, 6) is 0.363. The Bertz CT molecular complexity index is 1100. The Morgan fingerprint density at radius 2 is 1.21 bits per heavy atom. The smallest absolute Gasteiger partial charge is 0.227 e. The number of hydrogen-bond acceptors (Lipinski definition) is 1. The van der Waals surface area contributed by atoms with E-state index in [1.165, 1.54) is 27.8 Å². The Labute approximate surface area is 164 Å². The van der Waals surface area contributed by atoms with Crippen LogP contribution < -0.4 is 4.57 Å². The molecule has 2 nitrogen and oxygen atoms in total. The van der Waals surface area contributed by atoms with E-state index in [2.05, 4.69) is 60.7 Å². The highest BCUT2D eigenvalue weighted by Gasteiger charge is 2.29. The molecular weight excluding hydrogens is 342 g/mol. The molecule has 1 aromatic heterocycles. The predicted octanol–water partition coefficient (Wildman–Crippen LogP) is 5.02. The number of ketones is 1. The number of nitrogens with zero attached hydrogens (tertiary/aromatic N) is 1. The van der Waals surface area contributed by atoms with Crippen molar-refractivity contribution in [1.82, 2.24) is 0 Å². The second-order valence-electron chi connectivity index (χ2n) is 7.20. The van der Waals surface area contributed by atoms with Crippen LogP contribution in [0.3, 0.4) is 0 Å². The average molecular weight is 362 g/mol. The summed E-state index contributed by atoms with van der Waals surface area (Å²) < 4.78 is 1.95. The van der Waals surface area contributed by atoms with Gasteiger partial charge in [0, 0.05) is 23.6 Å². The standard InChI is InChI=1S/C26H20NO/c28-25(19-8-2-1-3-9-19)18-27-16-14-20(15-17-27)26-23-12-6-4-10-21(23)22-11-5-7-13-24(22)26/h1-17,26H,18H2/q+1. The lowest BCUT2D eigenvalue weighted by Crippen LogP contribution is -2.37. The Morgan fingerprint density at radius 1 is 0.679 bits per heavy atom. The second kappa shape index (κ2) is 6.90. The molecule has 28 heavy (non-hydrogen) atoms. The first-order valence-electron chi connectivity index (χ1n) is 9.57. The van der Waals surface area contributed by atoms with E-state index in [0.29, 0.717) is 6.54 Å². The lowest BCUT2D eigenvalue weighted by atomic mass is 9.90. The molecule has 0 fully saturated rings. The molecule has 0 N–H and O–H groups in total. The van der Waals surface area contributed by atoms with Crippen LogP contribution in [-0.4, -0.2) is 5.78 Å². The third kappa shape index (κ3) is 2.84. The maximum atomic E-state index is 12.5. The van der Waals surface area contributed by atoms with E-state index in [4.69, 9.17) is 0 Å². The highest BCUT2D eigenvalue weighted by molar-refractivity contribution is 5.94. The van der Waals surface area contributed by atoms with Crippen LogP contribution in [0.4, 0.5) is 0 Å². The number of carbonyl (C=O) groups excluding carboxylic acids is 1. The summed E-state index contributed by atoms with van der Waals surface area (Å²) in [4.78, 5) is 12.5. The molecular formula is C26H20NO+. The predicted molar refractivity (Wildman–Crippen MR) is 110 cm³/mol. The van der Waals surface area contributed by atoms with Crippen LogP contribution in [0.2, 0.25) is 0 Å². The van der Waals surface area contributed by atoms with E-state index in [0.717, 1.165) is 5.56 Å². The van der Waals surface area contributed by atoms with Crippen molar-refractivity contribution >= 4 is 5.78 Å². The summed E-state index contributed by atoms with van der Waals surface area (Å²) in [7, 11) is 0. The van der Waals surface area contributed by atoms with Crippen molar-refractivity contribution in [3.05, 3.63) is 126 Å². The summed E-state index contributed by atoms with van der Waals surface area (Å²) in [5.41, 5.74) is 7.33. The van der Waals surface area contributed by atoms with Crippen LogP contribution in [0, 0.1) is 0 Å². The van der Waals surface area contributed by atoms with Crippen molar-refractivity contribution in [2.45, 2.75) is 12.5 Å². The molecule has 0 unspecified atom stereocenters. The fourth-order valence-electron chi connectivity index (χ4n) is 4.16. The zero-order chi connectivity index (χ0) is 18.9. The number of carbonyl (C=O) groups is 1. The molecule has 134 valence electrons. The van der Waals surface area contributed by atoms with Crippen LogP contribution in [0.5, 0.6) is 0 Å². The molecule has 1 aliphatic rings. The number of rotatable bonds is 4. The third-order valence-electron chi connectivity index (χ3n) is 5.51. The molecule has 3 aromatic carbocycles. The van der Waals surface area contributed by atoms with Crippen LogP contribution in [0.1, 0.15) is 33.0 Å². The Kier molecular flexibility index (Phi) is 4.10. The summed E-state index contributed by atoms with van der Waals surface area (Å²) in [6.45, 7) is 0.349. The van der Waals surface area contributed by atoms with Gasteiger partial charge in [-0.2, -0.15) is 4.57 Å². The van der Waals surface area contributed by atoms with Crippen molar-refractivity contribution in [2.75, 3.05) is 0 Å². The summed E-state index contributed by atoms with van der Waals surface area (Å²) in [5, 5.41) is 0. The molecule has 0 atom stereocenters. The number of Topliss-reactive ketones (excluding diaryl/α,β-unsaturated/α-hetero) is 1. The van der Waals surface area contributed by atoms with Gasteiger partial charge in [0.25, 0.3) is 0 Å². The van der Waals surface area contributed by atoms with Crippen molar-refractivity contribution in [1.29, 1.82) is 0 Å². The molecule has 0 aliphatic heterocycles. The zero-order valence-electron chi connectivity index (χ0n) is 15.5. The molecule has 0 amide bonds. The highest BCUT2D eigenvalue weighted by Crippen LogP contribution is 2.47. The van der Waals surface area contributed by atoms with E-state index in [9.17, 15) is 4.79 Å². The van der Waals surface area contributed by atoms with E-state index in [1.807, 2.05) is 47.3 Å². The van der Waals surface area contributed by atoms with Crippen molar-refractivity contribution in [3.8, 4) is 11.1 Å². The molecule has 0 spiro atoms. The maximum Gasteiger partial charge on any atom is 0.227 e. The first kappa shape index (κ1) is 16.6. The van der Waals surface area contributed by atoms with Crippen LogP contribution in [0.15, 0.2) is 103 Å². The molecule has 5 rings (SSSR count). The fraction of sp³-hybridized carbons (Fsp3) is 0.0769. The molecule has 0 saturated carbocycles. The minimum atomic E-state index is 0.120. The monoisotopic (exact) mass is 362 g/mol. The number of aromatic nitrogens is 1. The number of benzene rings is 3. The van der Waals surface area contributed by atoms with Crippen molar-refractivity contribution in [2.24, 2.45) is 0 Å². The van der Waals surface area contributed by atoms with Gasteiger partial charge in [0.1, 0.15) is 0 Å². The third-order valence-corrected chi connectivity index (χ3v) is 5.51. The number of pyridine rings is 1. The van der Waals surface area contributed by atoms with Gasteiger partial charge in [-0.05, 0) is 27.8 Å². The minimum absolute atomic E-state index is 0.120. The highest BCUT2D eigenvalue weighted by atomic mass is 16.1. The van der Waals surface area contributed by atoms with Crippen molar-refractivity contribution < 1.29 is 9.36 Å². The fourth-order valence-corrected chi connectivity index (χ4v) is 4.16. The summed E-state index contributed by atoms with van der Waals surface area (Å²) >= 11 is 0. The molecule has 0 bridgehead atoms. The Hall–Kier alpha value is -3.52. The Balaban J connectivity index is 1.46. The first-order valence-corrected chi connectivity index (χ1v) is 9.57. The van der Waals surface area contributed by atoms with Gasteiger partial charge in [-0.3, -0.25) is 4.79 Å². The van der Waals surface area contributed by atoms with E-state index < -0.39 is 0 Å². The quantitative estimate of drug-likeness (QED) is 0.325. The number of fused-ring (bicyclic) bond motifs is 3. The Morgan fingerprint density at radius 3 is 1.82 bits per heavy atom. The van der Waals surface area contributed by atoms with Gasteiger partial charge in [-0.1, -0.05) is 78.9 Å². The lowest BCUT2D eigenvalue weighted by molar-refractivity contribution is -0.683. The molecule has 1 aliphatic carbocycles. The average Bonchev–Trinajstić information content (AvgIpc) is 3.09. The van der Waals surface area contributed by atoms with Crippen LogP contribution >= 0.6 is 0 Å². The molecule has 4 aromatic rings. The van der Waals surface area contributed by atoms with Gasteiger partial charge >= 0.3 is 0 Å². The SMILES string of the molecule is O=C(C[n+]1ccc(C2c3ccccc3-c3ccccc32)cc1)c1ccccc1. The molecule has 2 heteroatoms. The molecule has 1 heterocycles. The van der Waals surface area contributed by atoms with E-state index >= 15 is 0 Å². The maximum absolute atomic E-state index is 12.5. The van der Waals surface area contributed by atoms with Crippen LogP contribution in [0.25, 0.3) is 11.1 Å². The first-order chi connectivity index (χ1) is 13.8. The summed E-state index contributed by atoms with van der Waals surface area (Å²) in [6, 6.07) is 31.0. The topological polar surface area (TPSA) is 20.9 Å². The van der Waals surface area contributed by atoms with Crippen molar-refractivity contribution in [3.63, 3.8) is 0 Å². The van der Waals surface area contributed by atoms with Gasteiger partial charge in [0.15, 0.2) is 12.4 Å². The largest absolute Gasteiger partial charge is 0.287 e. The molecule has 0 radical (unpaired) electrons. The lowest BCUT2D eigenvalue weighted by Gasteiger charge is -2.13.